The number of halogens is 1. The smallest absolute Gasteiger partial charge is 0.297 e. The third kappa shape index (κ3) is 4.70. The second-order valence-electron chi connectivity index (χ2n) is 10.7. The fourth-order valence-corrected chi connectivity index (χ4v) is 6.27. The van der Waals surface area contributed by atoms with Crippen molar-refractivity contribution in [1.29, 1.82) is 5.26 Å². The molecule has 3 aliphatic heterocycles. The number of aliphatic hydroxyl groups is 1. The van der Waals surface area contributed by atoms with E-state index in [1.807, 2.05) is 18.2 Å². The van der Waals surface area contributed by atoms with Crippen LogP contribution in [0.5, 0.6) is 0 Å². The molecule has 2 saturated heterocycles. The maximum atomic E-state index is 13.6. The van der Waals surface area contributed by atoms with Crippen LogP contribution in [-0.2, 0) is 5.41 Å². The van der Waals surface area contributed by atoms with Crippen molar-refractivity contribution in [1.82, 2.24) is 9.88 Å². The van der Waals surface area contributed by atoms with Crippen molar-refractivity contribution < 1.29 is 13.9 Å². The zero-order chi connectivity index (χ0) is 25.4. The Kier molecular flexibility index (Phi) is 6.35. The minimum Gasteiger partial charge on any atom is -0.423 e. The van der Waals surface area contributed by atoms with Gasteiger partial charge in [0, 0.05) is 42.8 Å². The zero-order valence-corrected chi connectivity index (χ0v) is 20.9. The number of hydrogen-bond acceptors (Lipinski definition) is 7. The number of piperidine rings is 2. The molecule has 2 fully saturated rings. The Morgan fingerprint density at radius 2 is 1.97 bits per heavy atom. The van der Waals surface area contributed by atoms with Gasteiger partial charge in [-0.3, -0.25) is 0 Å². The minimum absolute atomic E-state index is 0.135. The Morgan fingerprint density at radius 1 is 1.16 bits per heavy atom. The molecule has 37 heavy (non-hydrogen) atoms. The van der Waals surface area contributed by atoms with Crippen LogP contribution in [0.1, 0.15) is 36.8 Å². The topological polar surface area (TPSA) is 88.6 Å². The molecule has 3 aliphatic rings. The minimum atomic E-state index is -0.351. The first-order chi connectivity index (χ1) is 18.0. The highest BCUT2D eigenvalue weighted by atomic mass is 19.1. The molecule has 2 N–H and O–H groups in total. The molecule has 0 unspecified atom stereocenters. The number of oxazole rings is 1. The summed E-state index contributed by atoms with van der Waals surface area (Å²) < 4.78 is 19.5. The molecule has 1 spiro atoms. The predicted octanol–water partition coefficient (Wildman–Crippen LogP) is 4.39. The lowest BCUT2D eigenvalue weighted by Gasteiger charge is -2.41. The van der Waals surface area contributed by atoms with Gasteiger partial charge in [-0.2, -0.15) is 5.26 Å². The number of nitrogens with one attached hydrogen (secondary N) is 1. The Morgan fingerprint density at radius 3 is 2.73 bits per heavy atom. The number of fused-ring (bicyclic) bond motifs is 2. The van der Waals surface area contributed by atoms with Gasteiger partial charge < -0.3 is 24.6 Å². The van der Waals surface area contributed by atoms with Crippen molar-refractivity contribution in [3.8, 4) is 17.4 Å². The summed E-state index contributed by atoms with van der Waals surface area (Å²) in [5, 5.41) is 23.8. The molecule has 1 atom stereocenters. The molecule has 6 rings (SSSR count). The van der Waals surface area contributed by atoms with Gasteiger partial charge in [-0.05, 0) is 74.5 Å². The van der Waals surface area contributed by atoms with Crippen LogP contribution >= 0.6 is 0 Å². The van der Waals surface area contributed by atoms with E-state index in [1.54, 1.807) is 12.3 Å². The maximum Gasteiger partial charge on any atom is 0.297 e. The fraction of sp³-hybridized carbons (Fsp3) is 0.448. The highest BCUT2D eigenvalue weighted by Gasteiger charge is 2.42. The summed E-state index contributed by atoms with van der Waals surface area (Å²) in [6.45, 7) is 5.12. The number of aliphatic hydroxyl groups excluding tert-OH is 1. The number of β-amino-alcohol motifs (C(OH)–C–C–N with tert-alkyl or cyclic N) is 1. The van der Waals surface area contributed by atoms with E-state index in [4.69, 9.17) is 4.42 Å². The quantitative estimate of drug-likeness (QED) is 0.536. The van der Waals surface area contributed by atoms with E-state index in [-0.39, 0.29) is 23.3 Å². The average Bonchev–Trinajstić information content (AvgIpc) is 3.56. The summed E-state index contributed by atoms with van der Waals surface area (Å²) in [5.41, 5.74) is 3.96. The van der Waals surface area contributed by atoms with Gasteiger partial charge in [-0.25, -0.2) is 9.37 Å². The monoisotopic (exact) mass is 501 g/mol. The van der Waals surface area contributed by atoms with Crippen molar-refractivity contribution in [2.75, 3.05) is 49.5 Å². The molecular weight excluding hydrogens is 469 g/mol. The molecule has 8 heteroatoms. The summed E-state index contributed by atoms with van der Waals surface area (Å²) >= 11 is 0. The number of rotatable bonds is 5. The van der Waals surface area contributed by atoms with Gasteiger partial charge in [0.2, 0.25) is 0 Å². The van der Waals surface area contributed by atoms with Crippen LogP contribution in [0, 0.1) is 23.1 Å². The van der Waals surface area contributed by atoms with E-state index in [0.29, 0.717) is 29.4 Å². The first kappa shape index (κ1) is 24.0. The molecular formula is C29H32FN5O2. The SMILES string of the molecule is N#Cc1ccc2c(c1)NCC21CCN(C[C@H](O)C2CCN(c3ncc(-c4cccc(F)c4)o3)CC2)CC1. The van der Waals surface area contributed by atoms with Gasteiger partial charge in [0.1, 0.15) is 5.82 Å². The standard InChI is InChI=1S/C29H32FN5O2/c30-23-3-1-2-22(15-23)27-17-32-28(37-27)35-10-6-21(7-11-35)26(36)18-34-12-8-29(9-13-34)19-33-25-14-20(16-31)4-5-24(25)29/h1-5,14-15,17,21,26,33,36H,6-13,18-19H2/t26-/m0/s1. The Bertz CT molecular complexity index is 1300. The molecule has 1 aromatic heterocycles. The largest absolute Gasteiger partial charge is 0.423 e. The van der Waals surface area contributed by atoms with Crippen LogP contribution in [0.3, 0.4) is 0 Å². The highest BCUT2D eigenvalue weighted by Crippen LogP contribution is 2.44. The van der Waals surface area contributed by atoms with Gasteiger partial charge in [0.25, 0.3) is 6.01 Å². The lowest BCUT2D eigenvalue weighted by molar-refractivity contribution is 0.0385. The maximum absolute atomic E-state index is 13.6. The molecule has 0 saturated carbocycles. The lowest BCUT2D eigenvalue weighted by atomic mass is 9.74. The predicted molar refractivity (Wildman–Crippen MR) is 140 cm³/mol. The van der Waals surface area contributed by atoms with Crippen molar-refractivity contribution in [2.45, 2.75) is 37.2 Å². The Labute approximate surface area is 216 Å². The van der Waals surface area contributed by atoms with Crippen LogP contribution in [0.25, 0.3) is 11.3 Å². The lowest BCUT2D eigenvalue weighted by Crippen LogP contribution is -2.48. The molecule has 192 valence electrons. The number of likely N-dealkylation sites (tertiary alicyclic amines) is 1. The van der Waals surface area contributed by atoms with E-state index in [0.717, 1.165) is 64.1 Å². The number of anilines is 2. The van der Waals surface area contributed by atoms with Crippen molar-refractivity contribution in [2.24, 2.45) is 5.92 Å². The summed E-state index contributed by atoms with van der Waals surface area (Å²) in [5.74, 6) is 0.515. The Balaban J connectivity index is 1.00. The molecule has 0 bridgehead atoms. The van der Waals surface area contributed by atoms with Gasteiger partial charge in [0.15, 0.2) is 5.76 Å². The van der Waals surface area contributed by atoms with E-state index in [9.17, 15) is 14.8 Å². The van der Waals surface area contributed by atoms with E-state index in [2.05, 4.69) is 32.2 Å². The first-order valence-electron chi connectivity index (χ1n) is 13.2. The zero-order valence-electron chi connectivity index (χ0n) is 20.9. The number of benzene rings is 2. The summed E-state index contributed by atoms with van der Waals surface area (Å²) in [6, 6.07) is 15.1. The summed E-state index contributed by atoms with van der Waals surface area (Å²) in [4.78, 5) is 8.93. The fourth-order valence-electron chi connectivity index (χ4n) is 6.27. The van der Waals surface area contributed by atoms with Crippen molar-refractivity contribution in [3.05, 3.63) is 65.6 Å². The Hall–Kier alpha value is -3.41. The van der Waals surface area contributed by atoms with Crippen LogP contribution in [0.15, 0.2) is 53.1 Å². The highest BCUT2D eigenvalue weighted by molar-refractivity contribution is 5.63. The molecule has 0 radical (unpaired) electrons. The van der Waals surface area contributed by atoms with Gasteiger partial charge in [-0.15, -0.1) is 0 Å². The number of hydrogen-bond donors (Lipinski definition) is 2. The summed E-state index contributed by atoms with van der Waals surface area (Å²) in [7, 11) is 0. The normalized spacial score (nSPS) is 20.4. The van der Waals surface area contributed by atoms with Gasteiger partial charge >= 0.3 is 0 Å². The molecule has 4 heterocycles. The first-order valence-corrected chi connectivity index (χ1v) is 13.2. The second kappa shape index (κ2) is 9.81. The molecule has 7 nitrogen and oxygen atoms in total. The van der Waals surface area contributed by atoms with Crippen LogP contribution in [0.4, 0.5) is 16.1 Å². The van der Waals surface area contributed by atoms with Crippen molar-refractivity contribution in [3.63, 3.8) is 0 Å². The molecule has 3 aromatic rings. The number of nitriles is 1. The average molecular weight is 502 g/mol. The van der Waals surface area contributed by atoms with Crippen LogP contribution < -0.4 is 10.2 Å². The third-order valence-corrected chi connectivity index (χ3v) is 8.55. The van der Waals surface area contributed by atoms with Crippen molar-refractivity contribution >= 4 is 11.7 Å². The third-order valence-electron chi connectivity index (χ3n) is 8.55. The van der Waals surface area contributed by atoms with Crippen LogP contribution in [0.2, 0.25) is 0 Å². The van der Waals surface area contributed by atoms with Crippen LogP contribution in [-0.4, -0.2) is 60.4 Å². The van der Waals surface area contributed by atoms with Gasteiger partial charge in [0.05, 0.1) is 23.9 Å². The second-order valence-corrected chi connectivity index (χ2v) is 10.7. The van der Waals surface area contributed by atoms with Gasteiger partial charge in [-0.1, -0.05) is 18.2 Å². The van der Waals surface area contributed by atoms with E-state index < -0.39 is 0 Å². The van der Waals surface area contributed by atoms with E-state index >= 15 is 0 Å². The molecule has 0 aliphatic carbocycles. The number of aromatic nitrogens is 1. The van der Waals surface area contributed by atoms with E-state index in [1.165, 1.54) is 17.7 Å². The molecule has 2 aromatic carbocycles. The number of nitrogens with zero attached hydrogens (tertiary/aromatic N) is 4. The summed E-state index contributed by atoms with van der Waals surface area (Å²) in [6.07, 6.45) is 5.18. The molecule has 0 amide bonds.